The maximum absolute atomic E-state index is 5.46. The first-order chi connectivity index (χ1) is 54.5. The van der Waals surface area contributed by atoms with E-state index < -0.39 is 14.2 Å². The van der Waals surface area contributed by atoms with Crippen molar-refractivity contribution in [1.82, 2.24) is 58.1 Å². The summed E-state index contributed by atoms with van der Waals surface area (Å²) >= 11 is 0. The Bertz CT molecular complexity index is 5000. The molecule has 0 aliphatic heterocycles. The van der Waals surface area contributed by atoms with Crippen LogP contribution in [0.5, 0.6) is 0 Å². The van der Waals surface area contributed by atoms with Crippen molar-refractivity contribution in [3.8, 4) is 66.8 Å². The molecule has 0 N–H and O–H groups in total. The van der Waals surface area contributed by atoms with Gasteiger partial charge in [-0.3, -0.25) is 0 Å². The molecule has 18 rings (SSSR count). The van der Waals surface area contributed by atoms with Crippen molar-refractivity contribution in [3.05, 3.63) is 469 Å². The first-order valence-electron chi connectivity index (χ1n) is 37.9. The Morgan fingerprint density at radius 3 is 0.402 bits per heavy atom. The van der Waals surface area contributed by atoms with Crippen molar-refractivity contribution < 1.29 is 0 Å². The van der Waals surface area contributed by atoms with Gasteiger partial charge in [-0.25, -0.2) is 30.6 Å². The molecule has 536 valence electrons. The second-order valence-electron chi connectivity index (χ2n) is 28.2. The summed E-state index contributed by atoms with van der Waals surface area (Å²) in [5.74, 6) is 0. The van der Waals surface area contributed by atoms with Crippen LogP contribution in [0.25, 0.3) is 66.8 Å². The second kappa shape index (κ2) is 36.1. The first-order valence-corrected chi connectivity index (χ1v) is 37.9. The summed E-state index contributed by atoms with van der Waals surface area (Å²) in [6, 6.07) is 127. The molecule has 0 saturated heterocycles. The molecule has 0 aliphatic rings. The van der Waals surface area contributed by atoms with Gasteiger partial charge in [-0.2, -0.15) is 0 Å². The maximum atomic E-state index is 5.46. The Balaban J connectivity index is 0.000000174. The normalized spacial score (nSPS) is 11.1. The van der Waals surface area contributed by atoms with E-state index in [1.165, 1.54) is 33.4 Å². The third kappa shape index (κ3) is 17.7. The number of benzene rings is 12. The van der Waals surface area contributed by atoms with Crippen LogP contribution in [0.3, 0.4) is 0 Å². The number of hydrogen-bond donors (Lipinski definition) is 0. The predicted molar refractivity (Wildman–Crippen MR) is 460 cm³/mol. The topological polar surface area (TPSA) is 107 Å². The number of nitrogens with zero attached hydrogens (tertiary/aromatic N) is 12. The number of aromatic nitrogens is 12. The van der Waals surface area contributed by atoms with Crippen molar-refractivity contribution in [1.29, 1.82) is 0 Å². The van der Waals surface area contributed by atoms with Gasteiger partial charge in [0.1, 0.15) is 0 Å². The largest absolute Gasteiger partial charge is 1.00 e. The van der Waals surface area contributed by atoms with Gasteiger partial charge in [0.15, 0.2) is 0 Å². The average Bonchev–Trinajstić information content (AvgIpc) is 1.61. The summed E-state index contributed by atoms with van der Waals surface area (Å²) in [4.78, 5) is 0. The molecular weight excluding hydrogens is 1750 g/mol. The Labute approximate surface area is 695 Å². The van der Waals surface area contributed by atoms with Gasteiger partial charge in [0.2, 0.25) is 0 Å². The van der Waals surface area contributed by atoms with E-state index in [1.54, 1.807) is 0 Å². The molecule has 18 aromatic rings. The Kier molecular flexibility index (Phi) is 24.3. The zero-order chi connectivity index (χ0) is 73.6. The fourth-order valence-electron chi connectivity index (χ4n) is 15.2. The molecule has 0 saturated carbocycles. The van der Waals surface area contributed by atoms with Crippen LogP contribution in [0.2, 0.25) is 0 Å². The SMILES string of the molecule is [Tl+].[Tl+].c1ccc(Cc2nn([BH-](n3cc(-c4ccccc4)c(Cc4ccccc4)n3)n3cc(-c4ccccc4)c(Cc4ccccc4)n3)cc2-c2ccccc2)cc1.c1ccc(Cc2nn([BH-](n3cc(-c4ccccc4)c(Cc4ccccc4)n3)n3cc(-c4ccccc4)c(Cc4ccccc4)n3)cc2-c2ccccc2)cc1. The molecule has 16 heteroatoms. The molecule has 0 amide bonds. The van der Waals surface area contributed by atoms with Crippen LogP contribution < -0.4 is 0 Å². The minimum Gasteiger partial charge on any atom is -0.402 e. The van der Waals surface area contributed by atoms with Crippen LogP contribution in [-0.2, 0) is 38.5 Å². The molecule has 6 heterocycles. The molecule has 12 nitrogen and oxygen atoms in total. The standard InChI is InChI=1S/2C48H40BN6.2Tl/c2*1-7-19-37(20-8-1)31-46-43(40-25-13-4-14-26-40)34-53(50-46)49(54-35-44(41-27-15-5-16-28-41)47(51-54)32-38-21-9-2-10-22-38)55-36-45(42-29-17-6-18-30-42)48(52-55)33-39-23-11-3-12-24-39;;/h2*1-30,34-36,49H,31-33H2;;/q2*-1;2*+1. The third-order valence-electron chi connectivity index (χ3n) is 20.6. The van der Waals surface area contributed by atoms with Crippen molar-refractivity contribution >= 4 is 68.8 Å². The molecule has 112 heavy (non-hydrogen) atoms. The molecular formula is C96H80B2N12Tl2. The molecule has 0 unspecified atom stereocenters. The Morgan fingerprint density at radius 1 is 0.161 bits per heavy atom. The van der Waals surface area contributed by atoms with Gasteiger partial charge in [0.25, 0.3) is 0 Å². The number of rotatable bonds is 24. The zero-order valence-electron chi connectivity index (χ0n) is 62.3. The summed E-state index contributed by atoms with van der Waals surface area (Å²) in [6.07, 6.45) is 17.4. The number of hydrogen-bond acceptors (Lipinski definition) is 6. The molecule has 12 aromatic carbocycles. The van der Waals surface area contributed by atoms with Gasteiger partial charge in [0.05, 0.1) is 34.2 Å². The molecule has 0 atom stereocenters. The summed E-state index contributed by atoms with van der Waals surface area (Å²) in [5.41, 5.74) is 26.7. The van der Waals surface area contributed by atoms with Gasteiger partial charge in [-0.1, -0.05) is 364 Å². The van der Waals surface area contributed by atoms with Gasteiger partial charge in [0, 0.05) is 71.9 Å². The van der Waals surface area contributed by atoms with E-state index in [4.69, 9.17) is 30.6 Å². The van der Waals surface area contributed by atoms with Crippen molar-refractivity contribution in [2.45, 2.75) is 38.5 Å². The minimum absolute atomic E-state index is 0. The minimum atomic E-state index is -1.78. The Morgan fingerprint density at radius 2 is 0.277 bits per heavy atom. The summed E-state index contributed by atoms with van der Waals surface area (Å²) in [7, 11) is -3.57. The van der Waals surface area contributed by atoms with Gasteiger partial charge in [-0.15, -0.1) is 0 Å². The predicted octanol–water partition coefficient (Wildman–Crippen LogP) is 18.7. The van der Waals surface area contributed by atoms with Gasteiger partial charge < -0.3 is 27.6 Å². The van der Waals surface area contributed by atoms with E-state index in [1.807, 2.05) is 0 Å². The quantitative estimate of drug-likeness (QED) is 0.0558. The van der Waals surface area contributed by atoms with E-state index in [2.05, 4.69) is 429 Å². The monoisotopic (exact) mass is 1830 g/mol. The van der Waals surface area contributed by atoms with E-state index in [0.717, 1.165) is 101 Å². The smallest absolute Gasteiger partial charge is 0.402 e. The summed E-state index contributed by atoms with van der Waals surface area (Å²) in [6.45, 7) is 0. The van der Waals surface area contributed by atoms with Crippen LogP contribution in [0.4, 0.5) is 0 Å². The average molecular weight is 1830 g/mol. The fraction of sp³-hybridized carbons (Fsp3) is 0.0625. The van der Waals surface area contributed by atoms with E-state index >= 15 is 0 Å². The molecule has 0 spiro atoms. The van der Waals surface area contributed by atoms with Crippen LogP contribution in [0.15, 0.2) is 401 Å². The van der Waals surface area contributed by atoms with E-state index in [-0.39, 0.29) is 54.6 Å². The zero-order valence-corrected chi connectivity index (χ0v) is 71.3. The van der Waals surface area contributed by atoms with Crippen molar-refractivity contribution in [3.63, 3.8) is 0 Å². The summed E-state index contributed by atoms with van der Waals surface area (Å²) < 4.78 is 12.8. The molecule has 6 aromatic heterocycles. The molecule has 0 bridgehead atoms. The van der Waals surface area contributed by atoms with Gasteiger partial charge >= 0.3 is 68.8 Å². The third-order valence-corrected chi connectivity index (χ3v) is 20.6. The molecule has 0 fully saturated rings. The maximum Gasteiger partial charge on any atom is 1.00 e. The van der Waals surface area contributed by atoms with E-state index in [0.29, 0.717) is 38.5 Å². The molecule has 0 radical (unpaired) electrons. The second-order valence-corrected chi connectivity index (χ2v) is 28.2. The molecule has 0 aliphatic carbocycles. The van der Waals surface area contributed by atoms with E-state index in [9.17, 15) is 0 Å². The van der Waals surface area contributed by atoms with Crippen LogP contribution in [0, 0.1) is 0 Å². The van der Waals surface area contributed by atoms with Crippen LogP contribution >= 0.6 is 0 Å². The summed E-state index contributed by atoms with van der Waals surface area (Å²) in [5, 5.41) is 32.7. The van der Waals surface area contributed by atoms with Crippen LogP contribution in [-0.4, -0.2) is 127 Å². The van der Waals surface area contributed by atoms with Crippen molar-refractivity contribution in [2.24, 2.45) is 0 Å². The van der Waals surface area contributed by atoms with Crippen molar-refractivity contribution in [2.75, 3.05) is 0 Å². The fourth-order valence-corrected chi connectivity index (χ4v) is 15.2. The Hall–Kier alpha value is -12.1. The van der Waals surface area contributed by atoms with Gasteiger partial charge in [-0.05, 0) is 104 Å². The van der Waals surface area contributed by atoms with Crippen LogP contribution in [0.1, 0.15) is 67.5 Å². The first kappa shape index (κ1) is 75.3.